The van der Waals surface area contributed by atoms with E-state index in [1.807, 2.05) is 6.92 Å². The second kappa shape index (κ2) is 8.21. The number of hydrogen-bond donors (Lipinski definition) is 3. The Morgan fingerprint density at radius 2 is 2.00 bits per heavy atom. The van der Waals surface area contributed by atoms with Crippen molar-refractivity contribution in [3.63, 3.8) is 0 Å². The van der Waals surface area contributed by atoms with E-state index in [-0.39, 0.29) is 18.2 Å². The molecule has 0 spiro atoms. The molecule has 0 fully saturated rings. The molecule has 1 aromatic rings. The number of anilines is 1. The average molecular weight is 334 g/mol. The minimum absolute atomic E-state index is 0.0295. The van der Waals surface area contributed by atoms with Crippen LogP contribution in [0.1, 0.15) is 23.7 Å². The molecule has 1 aromatic carbocycles. The summed E-state index contributed by atoms with van der Waals surface area (Å²) in [7, 11) is -2.00. The second-order valence-corrected chi connectivity index (χ2v) is 6.88. The van der Waals surface area contributed by atoms with Gasteiger partial charge < -0.3 is 10.6 Å². The van der Waals surface area contributed by atoms with Crippen LogP contribution in [0, 0.1) is 0 Å². The third-order valence-electron chi connectivity index (χ3n) is 2.76. The van der Waals surface area contributed by atoms with Crippen molar-refractivity contribution in [2.75, 3.05) is 31.2 Å². The smallest absolute Gasteiger partial charge is 0.253 e. The van der Waals surface area contributed by atoms with Crippen LogP contribution >= 0.6 is 11.6 Å². The normalized spacial score (nSPS) is 11.2. The lowest BCUT2D eigenvalue weighted by Crippen LogP contribution is -2.33. The monoisotopic (exact) mass is 333 g/mol. The zero-order valence-electron chi connectivity index (χ0n) is 12.1. The van der Waals surface area contributed by atoms with E-state index in [0.717, 1.165) is 13.0 Å². The molecule has 0 unspecified atom stereocenters. The molecule has 0 aliphatic rings. The molecule has 0 heterocycles. The molecule has 3 N–H and O–H groups in total. The highest BCUT2D eigenvalue weighted by atomic mass is 35.5. The van der Waals surface area contributed by atoms with Crippen molar-refractivity contribution in [1.82, 2.24) is 10.0 Å². The van der Waals surface area contributed by atoms with E-state index in [1.165, 1.54) is 7.05 Å². The molecule has 0 saturated carbocycles. The summed E-state index contributed by atoms with van der Waals surface area (Å²) in [5.41, 5.74) is 1.08. The first-order chi connectivity index (χ1) is 9.89. The van der Waals surface area contributed by atoms with Gasteiger partial charge in [-0.3, -0.25) is 4.79 Å². The number of halogens is 1. The maximum absolute atomic E-state index is 12.1. The Balaban J connectivity index is 2.74. The lowest BCUT2D eigenvalue weighted by molar-refractivity contribution is 0.0957. The van der Waals surface area contributed by atoms with Crippen LogP contribution in [0.3, 0.4) is 0 Å². The first-order valence-electron chi connectivity index (χ1n) is 6.62. The van der Waals surface area contributed by atoms with Gasteiger partial charge in [-0.25, -0.2) is 13.1 Å². The predicted molar refractivity (Wildman–Crippen MR) is 85.4 cm³/mol. The fraction of sp³-hybridized carbons (Fsp3) is 0.462. The Hall–Kier alpha value is -1.31. The summed E-state index contributed by atoms with van der Waals surface area (Å²) >= 11 is 5.91. The van der Waals surface area contributed by atoms with Crippen LogP contribution in [-0.4, -0.2) is 40.2 Å². The summed E-state index contributed by atoms with van der Waals surface area (Å²) in [5.74, 6) is -0.532. The zero-order valence-corrected chi connectivity index (χ0v) is 13.6. The van der Waals surface area contributed by atoms with Crippen molar-refractivity contribution in [1.29, 1.82) is 0 Å². The van der Waals surface area contributed by atoms with Crippen molar-refractivity contribution in [2.45, 2.75) is 13.3 Å². The van der Waals surface area contributed by atoms with Crippen molar-refractivity contribution < 1.29 is 13.2 Å². The Morgan fingerprint density at radius 3 is 2.62 bits per heavy atom. The molecule has 0 radical (unpaired) electrons. The van der Waals surface area contributed by atoms with Gasteiger partial charge >= 0.3 is 0 Å². The van der Waals surface area contributed by atoms with Gasteiger partial charge in [0.25, 0.3) is 5.91 Å². The number of nitrogens with one attached hydrogen (secondary N) is 3. The van der Waals surface area contributed by atoms with Crippen LogP contribution in [-0.2, 0) is 10.0 Å². The van der Waals surface area contributed by atoms with Crippen molar-refractivity contribution in [3.05, 3.63) is 28.8 Å². The van der Waals surface area contributed by atoms with Crippen LogP contribution in [0.4, 0.5) is 5.69 Å². The molecule has 1 amide bonds. The average Bonchev–Trinajstić information content (AvgIpc) is 2.45. The summed E-state index contributed by atoms with van der Waals surface area (Å²) in [6.45, 7) is 2.78. The minimum Gasteiger partial charge on any atom is -0.384 e. The maximum atomic E-state index is 12.1. The van der Waals surface area contributed by atoms with Gasteiger partial charge in [-0.05, 0) is 31.7 Å². The van der Waals surface area contributed by atoms with Gasteiger partial charge in [-0.2, -0.15) is 0 Å². The standard InChI is InChI=1S/C13H20ClN3O3S/c1-3-6-16-12-5-4-10(14)9-11(12)13(18)17-7-8-21(19,20)15-2/h4-5,9,15-16H,3,6-8H2,1-2H3,(H,17,18). The van der Waals surface area contributed by atoms with E-state index in [2.05, 4.69) is 15.4 Å². The molecule has 8 heteroatoms. The summed E-state index contributed by atoms with van der Waals surface area (Å²) in [5, 5.41) is 6.16. The van der Waals surface area contributed by atoms with Crippen LogP contribution in [0.15, 0.2) is 18.2 Å². The largest absolute Gasteiger partial charge is 0.384 e. The van der Waals surface area contributed by atoms with Gasteiger partial charge in [0.1, 0.15) is 0 Å². The molecule has 0 aromatic heterocycles. The summed E-state index contributed by atoms with van der Waals surface area (Å²) in [6, 6.07) is 4.99. The molecule has 0 aliphatic carbocycles. The molecule has 1 rings (SSSR count). The molecule has 6 nitrogen and oxygen atoms in total. The molecule has 21 heavy (non-hydrogen) atoms. The van der Waals surface area contributed by atoms with Gasteiger partial charge in [0.05, 0.1) is 11.3 Å². The molecular formula is C13H20ClN3O3S. The number of carbonyl (C=O) groups is 1. The molecule has 0 bridgehead atoms. The van der Waals surface area contributed by atoms with Gasteiger partial charge in [-0.15, -0.1) is 0 Å². The lowest BCUT2D eigenvalue weighted by Gasteiger charge is -2.12. The van der Waals surface area contributed by atoms with E-state index < -0.39 is 10.0 Å². The zero-order chi connectivity index (χ0) is 15.9. The number of amides is 1. The molecular weight excluding hydrogens is 314 g/mol. The SMILES string of the molecule is CCCNc1ccc(Cl)cc1C(=O)NCCS(=O)(=O)NC. The number of carbonyl (C=O) groups excluding carboxylic acids is 1. The Kier molecular flexibility index (Phi) is 6.94. The van der Waals surface area contributed by atoms with Crippen LogP contribution in [0.2, 0.25) is 5.02 Å². The Bertz CT molecular complexity index is 590. The number of rotatable bonds is 8. The highest BCUT2D eigenvalue weighted by Crippen LogP contribution is 2.20. The predicted octanol–water partition coefficient (Wildman–Crippen LogP) is 1.44. The van der Waals surface area contributed by atoms with Crippen molar-refractivity contribution >= 4 is 33.2 Å². The van der Waals surface area contributed by atoms with E-state index in [4.69, 9.17) is 11.6 Å². The first kappa shape index (κ1) is 17.7. The van der Waals surface area contributed by atoms with Gasteiger partial charge in [0, 0.05) is 23.8 Å². The second-order valence-electron chi connectivity index (χ2n) is 4.40. The summed E-state index contributed by atoms with van der Waals surface area (Å²) < 4.78 is 24.8. The van der Waals surface area contributed by atoms with Crippen molar-refractivity contribution in [3.8, 4) is 0 Å². The topological polar surface area (TPSA) is 87.3 Å². The molecule has 0 saturated heterocycles. The number of benzene rings is 1. The van der Waals surface area contributed by atoms with Gasteiger partial charge in [0.2, 0.25) is 10.0 Å². The molecule has 0 aliphatic heterocycles. The van der Waals surface area contributed by atoms with Crippen molar-refractivity contribution in [2.24, 2.45) is 0 Å². The third-order valence-corrected chi connectivity index (χ3v) is 4.36. The fourth-order valence-corrected chi connectivity index (χ4v) is 2.36. The summed E-state index contributed by atoms with van der Waals surface area (Å²) in [6.07, 6.45) is 0.921. The van der Waals surface area contributed by atoms with Crippen LogP contribution < -0.4 is 15.4 Å². The van der Waals surface area contributed by atoms with E-state index in [9.17, 15) is 13.2 Å². The van der Waals surface area contributed by atoms with E-state index in [0.29, 0.717) is 16.3 Å². The van der Waals surface area contributed by atoms with Gasteiger partial charge in [-0.1, -0.05) is 18.5 Å². The highest BCUT2D eigenvalue weighted by molar-refractivity contribution is 7.89. The number of hydrogen-bond acceptors (Lipinski definition) is 4. The number of sulfonamides is 1. The van der Waals surface area contributed by atoms with Crippen LogP contribution in [0.25, 0.3) is 0 Å². The minimum atomic E-state index is -3.34. The summed E-state index contributed by atoms with van der Waals surface area (Å²) in [4.78, 5) is 12.1. The Morgan fingerprint density at radius 1 is 1.29 bits per heavy atom. The Labute approximate surface area is 130 Å². The highest BCUT2D eigenvalue weighted by Gasteiger charge is 2.13. The van der Waals surface area contributed by atoms with Gasteiger partial charge in [0.15, 0.2) is 0 Å². The quantitative estimate of drug-likeness (QED) is 0.672. The van der Waals surface area contributed by atoms with Crippen LogP contribution in [0.5, 0.6) is 0 Å². The first-order valence-corrected chi connectivity index (χ1v) is 8.65. The van der Waals surface area contributed by atoms with E-state index in [1.54, 1.807) is 18.2 Å². The third kappa shape index (κ3) is 5.91. The fourth-order valence-electron chi connectivity index (χ4n) is 1.61. The molecule has 0 atom stereocenters. The van der Waals surface area contributed by atoms with E-state index >= 15 is 0 Å². The maximum Gasteiger partial charge on any atom is 0.253 e. The lowest BCUT2D eigenvalue weighted by atomic mass is 10.1. The molecule has 118 valence electrons.